The number of hydrogen-bond donors (Lipinski definition) is 1. The molecule has 1 N–H and O–H groups in total. The second kappa shape index (κ2) is 7.38. The molecule has 114 valence electrons. The lowest BCUT2D eigenvalue weighted by Crippen LogP contribution is -2.26. The summed E-state index contributed by atoms with van der Waals surface area (Å²) >= 11 is 0. The molecule has 0 bridgehead atoms. The summed E-state index contributed by atoms with van der Waals surface area (Å²) in [6, 6.07) is 2.11. The van der Waals surface area contributed by atoms with Crippen LogP contribution in [0.1, 0.15) is 26.0 Å². The van der Waals surface area contributed by atoms with Crippen LogP contribution >= 0.6 is 0 Å². The van der Waals surface area contributed by atoms with Crippen molar-refractivity contribution >= 4 is 17.5 Å². The molecule has 0 aliphatic heterocycles. The van der Waals surface area contributed by atoms with Gasteiger partial charge in [0.05, 0.1) is 16.9 Å². The Morgan fingerprint density at radius 2 is 2.19 bits per heavy atom. The summed E-state index contributed by atoms with van der Waals surface area (Å²) in [5.74, 6) is 0.344. The van der Waals surface area contributed by atoms with Crippen LogP contribution < -0.4 is 10.2 Å². The lowest BCUT2D eigenvalue weighted by atomic mass is 10.2. The number of nitrogens with one attached hydrogen (secondary N) is 1. The third-order valence-electron chi connectivity index (χ3n) is 2.89. The second-order valence-corrected chi connectivity index (χ2v) is 4.90. The van der Waals surface area contributed by atoms with Gasteiger partial charge in [-0.3, -0.25) is 10.1 Å². The number of hydrogen-bond acceptors (Lipinski definition) is 7. The predicted octanol–water partition coefficient (Wildman–Crippen LogP) is 2.11. The van der Waals surface area contributed by atoms with Crippen LogP contribution in [0.3, 0.4) is 0 Å². The van der Waals surface area contributed by atoms with Gasteiger partial charge in [-0.05, 0) is 20.3 Å². The Bertz CT molecular complexity index is 554. The molecule has 1 unspecified atom stereocenters. The van der Waals surface area contributed by atoms with E-state index in [0.717, 1.165) is 6.42 Å². The van der Waals surface area contributed by atoms with Crippen LogP contribution in [0.15, 0.2) is 0 Å². The van der Waals surface area contributed by atoms with Gasteiger partial charge >= 0.3 is 5.69 Å². The first-order chi connectivity index (χ1) is 9.90. The van der Waals surface area contributed by atoms with Crippen LogP contribution in [0.2, 0.25) is 0 Å². The topological polar surface area (TPSA) is 108 Å². The van der Waals surface area contributed by atoms with Crippen molar-refractivity contribution in [2.24, 2.45) is 5.92 Å². The molecule has 0 saturated heterocycles. The average molecular weight is 292 g/mol. The molecule has 1 atom stereocenters. The smallest absolute Gasteiger partial charge is 0.332 e. The SMILES string of the molecule is CCCNc1nc(C)c([N+](=O)[O-])c(N(C)CC(C)C#N)n1. The predicted molar refractivity (Wildman–Crippen MR) is 80.3 cm³/mol. The van der Waals surface area contributed by atoms with Gasteiger partial charge in [-0.15, -0.1) is 0 Å². The Kier molecular flexibility index (Phi) is 5.84. The van der Waals surface area contributed by atoms with Crippen LogP contribution in [0, 0.1) is 34.3 Å². The molecule has 0 fully saturated rings. The standard InChI is InChI=1S/C13H20N6O2/c1-5-6-15-13-16-10(3)11(19(20)21)12(17-13)18(4)8-9(2)7-14/h9H,5-6,8H2,1-4H3,(H,15,16,17). The monoisotopic (exact) mass is 292 g/mol. The zero-order valence-electron chi connectivity index (χ0n) is 12.8. The zero-order valence-corrected chi connectivity index (χ0v) is 12.8. The second-order valence-electron chi connectivity index (χ2n) is 4.90. The Balaban J connectivity index is 3.21. The van der Waals surface area contributed by atoms with Gasteiger partial charge in [0.25, 0.3) is 0 Å². The van der Waals surface area contributed by atoms with E-state index in [1.807, 2.05) is 6.92 Å². The molecule has 1 aromatic heterocycles. The summed E-state index contributed by atoms with van der Waals surface area (Å²) in [4.78, 5) is 20.7. The molecular formula is C13H20N6O2. The highest BCUT2D eigenvalue weighted by Gasteiger charge is 2.25. The van der Waals surface area contributed by atoms with Gasteiger partial charge < -0.3 is 10.2 Å². The maximum absolute atomic E-state index is 11.2. The molecule has 0 saturated carbocycles. The van der Waals surface area contributed by atoms with Crippen molar-refractivity contribution in [3.63, 3.8) is 0 Å². The van der Waals surface area contributed by atoms with Crippen molar-refractivity contribution in [3.8, 4) is 6.07 Å². The molecule has 1 heterocycles. The van der Waals surface area contributed by atoms with Crippen molar-refractivity contribution in [3.05, 3.63) is 15.8 Å². The molecule has 0 radical (unpaired) electrons. The van der Waals surface area contributed by atoms with E-state index in [1.54, 1.807) is 25.8 Å². The van der Waals surface area contributed by atoms with Gasteiger partial charge in [-0.1, -0.05) is 6.92 Å². The third-order valence-corrected chi connectivity index (χ3v) is 2.89. The fraction of sp³-hybridized carbons (Fsp3) is 0.615. The summed E-state index contributed by atoms with van der Waals surface area (Å²) in [5, 5.41) is 23.1. The van der Waals surface area contributed by atoms with E-state index >= 15 is 0 Å². The Labute approximate surface area is 124 Å². The summed E-state index contributed by atoms with van der Waals surface area (Å²) in [6.07, 6.45) is 0.899. The van der Waals surface area contributed by atoms with Crippen LogP contribution in [-0.2, 0) is 0 Å². The number of aryl methyl sites for hydroxylation is 1. The van der Waals surface area contributed by atoms with E-state index < -0.39 is 4.92 Å². The van der Waals surface area contributed by atoms with Crippen molar-refractivity contribution in [1.29, 1.82) is 5.26 Å². The van der Waals surface area contributed by atoms with Crippen molar-refractivity contribution < 1.29 is 4.92 Å². The molecule has 21 heavy (non-hydrogen) atoms. The highest BCUT2D eigenvalue weighted by Crippen LogP contribution is 2.29. The molecule has 0 aliphatic carbocycles. The molecule has 0 amide bonds. The number of rotatable bonds is 7. The van der Waals surface area contributed by atoms with E-state index in [2.05, 4.69) is 21.4 Å². The van der Waals surface area contributed by atoms with Gasteiger partial charge in [0.2, 0.25) is 11.8 Å². The molecular weight excluding hydrogens is 272 g/mol. The first-order valence-electron chi connectivity index (χ1n) is 6.78. The van der Waals surface area contributed by atoms with Gasteiger partial charge in [0.1, 0.15) is 5.69 Å². The van der Waals surface area contributed by atoms with Crippen LogP contribution in [0.4, 0.5) is 17.5 Å². The molecule has 8 heteroatoms. The van der Waals surface area contributed by atoms with Gasteiger partial charge in [-0.25, -0.2) is 4.98 Å². The van der Waals surface area contributed by atoms with E-state index in [4.69, 9.17) is 5.26 Å². The lowest BCUT2D eigenvalue weighted by Gasteiger charge is -2.20. The fourth-order valence-electron chi connectivity index (χ4n) is 1.89. The molecule has 1 rings (SSSR count). The molecule has 1 aromatic rings. The average Bonchev–Trinajstić information content (AvgIpc) is 2.43. The van der Waals surface area contributed by atoms with Crippen LogP contribution in [0.5, 0.6) is 0 Å². The van der Waals surface area contributed by atoms with Crippen molar-refractivity contribution in [2.45, 2.75) is 27.2 Å². The maximum Gasteiger partial charge on any atom is 0.332 e. The van der Waals surface area contributed by atoms with E-state index in [9.17, 15) is 10.1 Å². The third kappa shape index (κ3) is 4.27. The normalized spacial score (nSPS) is 11.6. The number of nitrogens with zero attached hydrogens (tertiary/aromatic N) is 5. The highest BCUT2D eigenvalue weighted by atomic mass is 16.6. The summed E-state index contributed by atoms with van der Waals surface area (Å²) in [7, 11) is 1.69. The van der Waals surface area contributed by atoms with Crippen molar-refractivity contribution in [2.75, 3.05) is 30.4 Å². The minimum atomic E-state index is -0.484. The molecule has 0 aromatic carbocycles. The number of anilines is 2. The summed E-state index contributed by atoms with van der Waals surface area (Å²) in [6.45, 7) is 6.40. The van der Waals surface area contributed by atoms with Crippen molar-refractivity contribution in [1.82, 2.24) is 9.97 Å². The first kappa shape index (κ1) is 16.6. The highest BCUT2D eigenvalue weighted by molar-refractivity contribution is 5.62. The van der Waals surface area contributed by atoms with Gasteiger partial charge in [0.15, 0.2) is 0 Å². The Morgan fingerprint density at radius 3 is 2.71 bits per heavy atom. The Morgan fingerprint density at radius 1 is 1.52 bits per heavy atom. The molecule has 0 aliphatic rings. The molecule has 0 spiro atoms. The van der Waals surface area contributed by atoms with Gasteiger partial charge in [-0.2, -0.15) is 10.2 Å². The largest absolute Gasteiger partial charge is 0.354 e. The lowest BCUT2D eigenvalue weighted by molar-refractivity contribution is -0.385. The number of aromatic nitrogens is 2. The minimum absolute atomic E-state index is 0.121. The van der Waals surface area contributed by atoms with E-state index in [-0.39, 0.29) is 17.4 Å². The maximum atomic E-state index is 11.2. The Hall–Kier alpha value is -2.43. The quantitative estimate of drug-likeness (QED) is 0.605. The number of nitro groups is 1. The fourth-order valence-corrected chi connectivity index (χ4v) is 1.89. The van der Waals surface area contributed by atoms with Gasteiger partial charge in [0, 0.05) is 20.1 Å². The van der Waals surface area contributed by atoms with E-state index in [0.29, 0.717) is 24.7 Å². The summed E-state index contributed by atoms with van der Waals surface area (Å²) in [5.41, 5.74) is 0.185. The zero-order chi connectivity index (χ0) is 16.0. The first-order valence-corrected chi connectivity index (χ1v) is 6.78. The molecule has 8 nitrogen and oxygen atoms in total. The van der Waals surface area contributed by atoms with Crippen LogP contribution in [0.25, 0.3) is 0 Å². The minimum Gasteiger partial charge on any atom is -0.354 e. The van der Waals surface area contributed by atoms with E-state index in [1.165, 1.54) is 0 Å². The van der Waals surface area contributed by atoms with Crippen LogP contribution in [-0.4, -0.2) is 35.0 Å². The number of nitriles is 1. The summed E-state index contributed by atoms with van der Waals surface area (Å²) < 4.78 is 0.